The Kier molecular flexibility index (Phi) is 5.07. The van der Waals surface area contributed by atoms with Gasteiger partial charge in [0.2, 0.25) is 0 Å². The molecule has 2 rings (SSSR count). The number of benzene rings is 1. The molecule has 1 aromatic carbocycles. The zero-order valence-electron chi connectivity index (χ0n) is 11.2. The molecule has 1 aliphatic rings. The fourth-order valence-corrected chi connectivity index (χ4v) is 3.23. The molecular weight excluding hydrogens is 288 g/mol. The van der Waals surface area contributed by atoms with Crippen molar-refractivity contribution in [2.24, 2.45) is 0 Å². The SMILES string of the molecule is CCCCCCN1CCc2c(Br)ccc(N)c2C1. The molecule has 0 amide bonds. The normalized spacial score (nSPS) is 15.7. The van der Waals surface area contributed by atoms with E-state index in [0.717, 1.165) is 18.7 Å². The summed E-state index contributed by atoms with van der Waals surface area (Å²) in [6.45, 7) is 5.66. The van der Waals surface area contributed by atoms with E-state index in [2.05, 4.69) is 33.8 Å². The molecule has 0 radical (unpaired) electrons. The quantitative estimate of drug-likeness (QED) is 0.658. The summed E-state index contributed by atoms with van der Waals surface area (Å²) in [6, 6.07) is 4.09. The number of fused-ring (bicyclic) bond motifs is 1. The summed E-state index contributed by atoms with van der Waals surface area (Å²) in [5, 5.41) is 0. The number of nitrogen functional groups attached to an aromatic ring is 1. The molecule has 100 valence electrons. The van der Waals surface area contributed by atoms with Crippen LogP contribution in [0.1, 0.15) is 43.7 Å². The number of nitrogens with zero attached hydrogens (tertiary/aromatic N) is 1. The highest BCUT2D eigenvalue weighted by atomic mass is 79.9. The first-order valence-corrected chi connectivity index (χ1v) is 7.79. The van der Waals surface area contributed by atoms with Crippen molar-refractivity contribution < 1.29 is 0 Å². The molecule has 0 saturated heterocycles. The van der Waals surface area contributed by atoms with Gasteiger partial charge in [0, 0.05) is 23.2 Å². The van der Waals surface area contributed by atoms with E-state index in [-0.39, 0.29) is 0 Å². The number of hydrogen-bond acceptors (Lipinski definition) is 2. The van der Waals surface area contributed by atoms with E-state index < -0.39 is 0 Å². The zero-order valence-corrected chi connectivity index (χ0v) is 12.8. The molecule has 1 aliphatic heterocycles. The molecule has 0 saturated carbocycles. The maximum absolute atomic E-state index is 6.10. The van der Waals surface area contributed by atoms with E-state index in [1.807, 2.05) is 6.07 Å². The molecule has 2 N–H and O–H groups in total. The lowest BCUT2D eigenvalue weighted by Crippen LogP contribution is -2.32. The van der Waals surface area contributed by atoms with Crippen LogP contribution in [-0.4, -0.2) is 18.0 Å². The summed E-state index contributed by atoms with van der Waals surface area (Å²) in [7, 11) is 0. The van der Waals surface area contributed by atoms with Crippen molar-refractivity contribution in [2.75, 3.05) is 18.8 Å². The molecular formula is C15H23BrN2. The second kappa shape index (κ2) is 6.58. The van der Waals surface area contributed by atoms with Crippen molar-refractivity contribution in [1.29, 1.82) is 0 Å². The van der Waals surface area contributed by atoms with Gasteiger partial charge in [-0.25, -0.2) is 0 Å². The lowest BCUT2D eigenvalue weighted by molar-refractivity contribution is 0.248. The molecule has 0 atom stereocenters. The molecule has 3 heteroatoms. The Morgan fingerprint density at radius 3 is 2.83 bits per heavy atom. The van der Waals surface area contributed by atoms with Crippen molar-refractivity contribution in [3.8, 4) is 0 Å². The Morgan fingerprint density at radius 1 is 1.22 bits per heavy atom. The Hall–Kier alpha value is -0.540. The third-order valence-electron chi connectivity index (χ3n) is 3.80. The molecule has 0 unspecified atom stereocenters. The van der Waals surface area contributed by atoms with Gasteiger partial charge < -0.3 is 5.73 Å². The van der Waals surface area contributed by atoms with E-state index in [1.165, 1.54) is 54.4 Å². The Morgan fingerprint density at radius 2 is 2.06 bits per heavy atom. The van der Waals surface area contributed by atoms with Crippen molar-refractivity contribution in [1.82, 2.24) is 4.90 Å². The summed E-state index contributed by atoms with van der Waals surface area (Å²) in [5.41, 5.74) is 9.81. The number of unbranched alkanes of at least 4 members (excludes halogenated alkanes) is 3. The number of rotatable bonds is 5. The second-order valence-electron chi connectivity index (χ2n) is 5.18. The first kappa shape index (κ1) is 13.9. The molecule has 1 aromatic rings. The Labute approximate surface area is 119 Å². The smallest absolute Gasteiger partial charge is 0.0363 e. The molecule has 0 fully saturated rings. The number of hydrogen-bond donors (Lipinski definition) is 1. The van der Waals surface area contributed by atoms with Gasteiger partial charge in [0.15, 0.2) is 0 Å². The van der Waals surface area contributed by atoms with Crippen molar-refractivity contribution >= 4 is 21.6 Å². The number of anilines is 1. The molecule has 0 aliphatic carbocycles. The standard InChI is InChI=1S/C15H23BrN2/c1-2-3-4-5-9-18-10-8-12-13(11-18)15(17)7-6-14(12)16/h6-7H,2-5,8-11,17H2,1H3. The number of halogens is 1. The minimum Gasteiger partial charge on any atom is -0.398 e. The van der Waals surface area contributed by atoms with Gasteiger partial charge in [-0.3, -0.25) is 4.90 Å². The van der Waals surface area contributed by atoms with Crippen LogP contribution < -0.4 is 5.73 Å². The first-order chi connectivity index (χ1) is 8.72. The van der Waals surface area contributed by atoms with Gasteiger partial charge in [-0.1, -0.05) is 42.1 Å². The van der Waals surface area contributed by atoms with E-state index in [9.17, 15) is 0 Å². The van der Waals surface area contributed by atoms with Gasteiger partial charge in [-0.05, 0) is 42.6 Å². The molecule has 0 spiro atoms. The van der Waals surface area contributed by atoms with Gasteiger partial charge >= 0.3 is 0 Å². The average molecular weight is 311 g/mol. The minimum atomic E-state index is 0.950. The van der Waals surface area contributed by atoms with Gasteiger partial charge in [0.05, 0.1) is 0 Å². The summed E-state index contributed by atoms with van der Waals surface area (Å²) in [5.74, 6) is 0. The Bertz CT molecular complexity index is 404. The lowest BCUT2D eigenvalue weighted by Gasteiger charge is -2.30. The summed E-state index contributed by atoms with van der Waals surface area (Å²) >= 11 is 3.64. The predicted octanol–water partition coefficient (Wildman–Crippen LogP) is 3.97. The van der Waals surface area contributed by atoms with Gasteiger partial charge in [0.25, 0.3) is 0 Å². The van der Waals surface area contributed by atoms with Crippen molar-refractivity contribution in [3.05, 3.63) is 27.7 Å². The minimum absolute atomic E-state index is 0.950. The maximum atomic E-state index is 6.10. The topological polar surface area (TPSA) is 29.3 Å². The fraction of sp³-hybridized carbons (Fsp3) is 0.600. The lowest BCUT2D eigenvalue weighted by atomic mass is 9.98. The van der Waals surface area contributed by atoms with E-state index in [4.69, 9.17) is 5.73 Å². The average Bonchev–Trinajstić information content (AvgIpc) is 2.39. The highest BCUT2D eigenvalue weighted by Gasteiger charge is 2.19. The van der Waals surface area contributed by atoms with Crippen LogP contribution >= 0.6 is 15.9 Å². The van der Waals surface area contributed by atoms with E-state index >= 15 is 0 Å². The summed E-state index contributed by atoms with van der Waals surface area (Å²) in [6.07, 6.45) is 6.46. The van der Waals surface area contributed by atoms with Crippen LogP contribution in [0.2, 0.25) is 0 Å². The van der Waals surface area contributed by atoms with Crippen LogP contribution in [-0.2, 0) is 13.0 Å². The third kappa shape index (κ3) is 3.27. The van der Waals surface area contributed by atoms with E-state index in [0.29, 0.717) is 0 Å². The largest absolute Gasteiger partial charge is 0.398 e. The molecule has 0 bridgehead atoms. The van der Waals surface area contributed by atoms with Crippen molar-refractivity contribution in [3.63, 3.8) is 0 Å². The van der Waals surface area contributed by atoms with Crippen LogP contribution in [0.4, 0.5) is 5.69 Å². The first-order valence-electron chi connectivity index (χ1n) is 7.00. The zero-order chi connectivity index (χ0) is 13.0. The molecule has 0 aromatic heterocycles. The maximum Gasteiger partial charge on any atom is 0.0363 e. The number of nitrogens with two attached hydrogens (primary N) is 1. The molecule has 2 nitrogen and oxygen atoms in total. The monoisotopic (exact) mass is 310 g/mol. The van der Waals surface area contributed by atoms with Crippen LogP contribution in [0.15, 0.2) is 16.6 Å². The third-order valence-corrected chi connectivity index (χ3v) is 4.54. The van der Waals surface area contributed by atoms with Crippen LogP contribution in [0.5, 0.6) is 0 Å². The van der Waals surface area contributed by atoms with Gasteiger partial charge in [-0.2, -0.15) is 0 Å². The van der Waals surface area contributed by atoms with Crippen LogP contribution in [0.25, 0.3) is 0 Å². The van der Waals surface area contributed by atoms with E-state index in [1.54, 1.807) is 0 Å². The highest BCUT2D eigenvalue weighted by molar-refractivity contribution is 9.10. The fourth-order valence-electron chi connectivity index (χ4n) is 2.67. The molecule has 18 heavy (non-hydrogen) atoms. The van der Waals surface area contributed by atoms with Crippen LogP contribution in [0, 0.1) is 0 Å². The van der Waals surface area contributed by atoms with Crippen LogP contribution in [0.3, 0.4) is 0 Å². The Balaban J connectivity index is 1.95. The summed E-state index contributed by atoms with van der Waals surface area (Å²) < 4.78 is 1.22. The van der Waals surface area contributed by atoms with Gasteiger partial charge in [-0.15, -0.1) is 0 Å². The predicted molar refractivity (Wildman–Crippen MR) is 81.7 cm³/mol. The summed E-state index contributed by atoms with van der Waals surface area (Å²) in [4.78, 5) is 2.54. The van der Waals surface area contributed by atoms with Crippen molar-refractivity contribution in [2.45, 2.75) is 45.6 Å². The van der Waals surface area contributed by atoms with Gasteiger partial charge in [0.1, 0.15) is 0 Å². The highest BCUT2D eigenvalue weighted by Crippen LogP contribution is 2.30. The molecule has 1 heterocycles. The second-order valence-corrected chi connectivity index (χ2v) is 6.03.